The van der Waals surface area contributed by atoms with Crippen molar-refractivity contribution in [3.8, 4) is 5.75 Å². The molecule has 0 saturated carbocycles. The summed E-state index contributed by atoms with van der Waals surface area (Å²) in [4.78, 5) is 24.9. The Morgan fingerprint density at radius 2 is 2.00 bits per heavy atom. The van der Waals surface area contributed by atoms with Crippen LogP contribution in [0.15, 0.2) is 24.3 Å². The zero-order chi connectivity index (χ0) is 18.2. The molecule has 1 aromatic carbocycles. The molecule has 0 aromatic heterocycles. The molecular formula is C19H28N2O4. The monoisotopic (exact) mass is 348 g/mol. The Labute approximate surface area is 149 Å². The minimum Gasteiger partial charge on any atom is -0.494 e. The Balaban J connectivity index is 1.92. The summed E-state index contributed by atoms with van der Waals surface area (Å²) in [6.45, 7) is 7.54. The van der Waals surface area contributed by atoms with E-state index in [0.29, 0.717) is 24.5 Å². The molecule has 1 aliphatic rings. The summed E-state index contributed by atoms with van der Waals surface area (Å²) in [5, 5.41) is 5.72. The molecule has 0 spiro atoms. The van der Waals surface area contributed by atoms with Gasteiger partial charge < -0.3 is 20.1 Å². The number of carbonyl (C=O) groups excluding carboxylic acids is 2. The van der Waals surface area contributed by atoms with Crippen molar-refractivity contribution in [2.24, 2.45) is 5.92 Å². The van der Waals surface area contributed by atoms with Gasteiger partial charge in [0.15, 0.2) is 0 Å². The lowest BCUT2D eigenvalue weighted by molar-refractivity contribution is -0.124. The normalized spacial score (nSPS) is 18.0. The van der Waals surface area contributed by atoms with Crippen LogP contribution in [-0.4, -0.2) is 43.7 Å². The molecule has 2 N–H and O–H groups in total. The van der Waals surface area contributed by atoms with Gasteiger partial charge in [0.05, 0.1) is 12.7 Å². The topological polar surface area (TPSA) is 76.7 Å². The van der Waals surface area contributed by atoms with Crippen molar-refractivity contribution in [1.82, 2.24) is 10.6 Å². The van der Waals surface area contributed by atoms with Crippen LogP contribution in [0.5, 0.6) is 5.75 Å². The average molecular weight is 348 g/mol. The van der Waals surface area contributed by atoms with E-state index in [0.717, 1.165) is 19.4 Å². The van der Waals surface area contributed by atoms with Crippen LogP contribution in [0.3, 0.4) is 0 Å². The molecule has 0 radical (unpaired) electrons. The highest BCUT2D eigenvalue weighted by atomic mass is 16.5. The zero-order valence-corrected chi connectivity index (χ0v) is 15.2. The second-order valence-electron chi connectivity index (χ2n) is 6.53. The van der Waals surface area contributed by atoms with Gasteiger partial charge in [-0.15, -0.1) is 0 Å². The van der Waals surface area contributed by atoms with Crippen molar-refractivity contribution in [1.29, 1.82) is 0 Å². The van der Waals surface area contributed by atoms with Gasteiger partial charge in [-0.3, -0.25) is 9.59 Å². The van der Waals surface area contributed by atoms with Crippen molar-refractivity contribution in [2.45, 2.75) is 45.8 Å². The Morgan fingerprint density at radius 3 is 2.56 bits per heavy atom. The van der Waals surface area contributed by atoms with E-state index in [1.54, 1.807) is 24.3 Å². The fourth-order valence-electron chi connectivity index (χ4n) is 2.76. The number of carbonyl (C=O) groups is 2. The largest absolute Gasteiger partial charge is 0.494 e. The van der Waals surface area contributed by atoms with Crippen LogP contribution in [-0.2, 0) is 9.53 Å². The van der Waals surface area contributed by atoms with Crippen LogP contribution >= 0.6 is 0 Å². The molecule has 1 aromatic rings. The predicted octanol–water partition coefficient (Wildman–Crippen LogP) is 2.13. The molecule has 2 atom stereocenters. The molecule has 0 unspecified atom stereocenters. The molecule has 0 aliphatic carbocycles. The first-order valence-electron chi connectivity index (χ1n) is 8.94. The van der Waals surface area contributed by atoms with E-state index in [9.17, 15) is 9.59 Å². The predicted molar refractivity (Wildman–Crippen MR) is 95.7 cm³/mol. The lowest BCUT2D eigenvalue weighted by Gasteiger charge is -2.22. The molecule has 1 aliphatic heterocycles. The fourth-order valence-corrected chi connectivity index (χ4v) is 2.76. The second-order valence-corrected chi connectivity index (χ2v) is 6.53. The van der Waals surface area contributed by atoms with Crippen molar-refractivity contribution >= 4 is 11.8 Å². The van der Waals surface area contributed by atoms with Crippen molar-refractivity contribution < 1.29 is 19.1 Å². The number of nitrogens with one attached hydrogen (secondary N) is 2. The lowest BCUT2D eigenvalue weighted by atomic mass is 10.0. The summed E-state index contributed by atoms with van der Waals surface area (Å²) in [6.07, 6.45) is 2.08. The molecule has 1 saturated heterocycles. The summed E-state index contributed by atoms with van der Waals surface area (Å²) in [5.74, 6) is 0.253. The maximum Gasteiger partial charge on any atom is 0.251 e. The van der Waals surface area contributed by atoms with Gasteiger partial charge in [-0.2, -0.15) is 0 Å². The average Bonchev–Trinajstić information content (AvgIpc) is 3.11. The Kier molecular flexibility index (Phi) is 7.25. The number of amides is 2. The summed E-state index contributed by atoms with van der Waals surface area (Å²) in [5.41, 5.74) is 0.501. The third kappa shape index (κ3) is 5.74. The van der Waals surface area contributed by atoms with Crippen LogP contribution in [0, 0.1) is 5.92 Å². The van der Waals surface area contributed by atoms with Gasteiger partial charge in [-0.05, 0) is 49.9 Å². The van der Waals surface area contributed by atoms with Gasteiger partial charge >= 0.3 is 0 Å². The number of rotatable bonds is 8. The van der Waals surface area contributed by atoms with E-state index >= 15 is 0 Å². The molecule has 2 rings (SSSR count). The standard InChI is InChI=1S/C19H28N2O4/c1-4-24-15-9-7-14(8-10-15)18(22)21-17(13(2)3)19(23)20-12-16-6-5-11-25-16/h7-10,13,16-17H,4-6,11-12H2,1-3H3,(H,20,23)(H,21,22)/t16-,17-/m0/s1. The highest BCUT2D eigenvalue weighted by Gasteiger charge is 2.26. The molecule has 25 heavy (non-hydrogen) atoms. The first-order valence-corrected chi connectivity index (χ1v) is 8.94. The van der Waals surface area contributed by atoms with E-state index in [2.05, 4.69) is 10.6 Å². The maximum atomic E-state index is 12.4. The van der Waals surface area contributed by atoms with Crippen LogP contribution in [0.25, 0.3) is 0 Å². The van der Waals surface area contributed by atoms with Gasteiger partial charge in [-0.1, -0.05) is 13.8 Å². The molecule has 0 bridgehead atoms. The molecule has 1 heterocycles. The molecule has 1 fully saturated rings. The third-order valence-corrected chi connectivity index (χ3v) is 4.19. The number of benzene rings is 1. The smallest absolute Gasteiger partial charge is 0.251 e. The maximum absolute atomic E-state index is 12.4. The van der Waals surface area contributed by atoms with E-state index in [-0.39, 0.29) is 23.8 Å². The van der Waals surface area contributed by atoms with Crippen molar-refractivity contribution in [3.63, 3.8) is 0 Å². The SMILES string of the molecule is CCOc1ccc(C(=O)N[C@H](C(=O)NC[C@@H]2CCCO2)C(C)C)cc1. The van der Waals surface area contributed by atoms with Gasteiger partial charge in [-0.25, -0.2) is 0 Å². The molecule has 138 valence electrons. The van der Waals surface area contributed by atoms with Crippen molar-refractivity contribution in [3.05, 3.63) is 29.8 Å². The van der Waals surface area contributed by atoms with E-state index in [1.165, 1.54) is 0 Å². The number of ether oxygens (including phenoxy) is 2. The Morgan fingerprint density at radius 1 is 1.28 bits per heavy atom. The molecule has 6 nitrogen and oxygen atoms in total. The van der Waals surface area contributed by atoms with Gasteiger partial charge in [0.1, 0.15) is 11.8 Å². The zero-order valence-electron chi connectivity index (χ0n) is 15.2. The van der Waals surface area contributed by atoms with E-state index in [4.69, 9.17) is 9.47 Å². The third-order valence-electron chi connectivity index (χ3n) is 4.19. The highest BCUT2D eigenvalue weighted by Crippen LogP contribution is 2.13. The summed E-state index contributed by atoms with van der Waals surface area (Å²) >= 11 is 0. The number of hydrogen-bond donors (Lipinski definition) is 2. The first-order chi connectivity index (χ1) is 12.0. The summed E-state index contributed by atoms with van der Waals surface area (Å²) < 4.78 is 10.9. The number of hydrogen-bond acceptors (Lipinski definition) is 4. The van der Waals surface area contributed by atoms with Gasteiger partial charge in [0, 0.05) is 18.7 Å². The van der Waals surface area contributed by atoms with E-state index < -0.39 is 6.04 Å². The van der Waals surface area contributed by atoms with Crippen LogP contribution in [0.4, 0.5) is 0 Å². The first kappa shape index (κ1) is 19.2. The van der Waals surface area contributed by atoms with Crippen molar-refractivity contribution in [2.75, 3.05) is 19.8 Å². The van der Waals surface area contributed by atoms with Crippen LogP contribution < -0.4 is 15.4 Å². The van der Waals surface area contributed by atoms with Crippen LogP contribution in [0.1, 0.15) is 44.0 Å². The molecule has 6 heteroatoms. The van der Waals surface area contributed by atoms with Gasteiger partial charge in [0.2, 0.25) is 5.91 Å². The van der Waals surface area contributed by atoms with Crippen LogP contribution in [0.2, 0.25) is 0 Å². The lowest BCUT2D eigenvalue weighted by Crippen LogP contribution is -2.50. The molecule has 2 amide bonds. The second kappa shape index (κ2) is 9.42. The molecular weight excluding hydrogens is 320 g/mol. The van der Waals surface area contributed by atoms with E-state index in [1.807, 2.05) is 20.8 Å². The Bertz CT molecular complexity index is 565. The van der Waals surface area contributed by atoms with Gasteiger partial charge in [0.25, 0.3) is 5.91 Å². The minimum atomic E-state index is -0.583. The fraction of sp³-hybridized carbons (Fsp3) is 0.579. The minimum absolute atomic E-state index is 0.0175. The Hall–Kier alpha value is -2.08. The summed E-state index contributed by atoms with van der Waals surface area (Å²) in [7, 11) is 0. The summed E-state index contributed by atoms with van der Waals surface area (Å²) in [6, 6.07) is 6.31. The highest BCUT2D eigenvalue weighted by molar-refractivity contribution is 5.97. The quantitative estimate of drug-likeness (QED) is 0.755.